The van der Waals surface area contributed by atoms with Gasteiger partial charge in [0.2, 0.25) is 0 Å². The molecule has 2 aromatic carbocycles. The molecule has 7 heteroatoms. The smallest absolute Gasteiger partial charge is 0.338 e. The quantitative estimate of drug-likeness (QED) is 0.644. The van der Waals surface area contributed by atoms with E-state index in [0.717, 1.165) is 17.7 Å². The Kier molecular flexibility index (Phi) is 5.74. The minimum atomic E-state index is -0.609. The highest BCUT2D eigenvalue weighted by molar-refractivity contribution is 5.95. The number of rotatable bonds is 6. The van der Waals surface area contributed by atoms with Crippen molar-refractivity contribution in [3.05, 3.63) is 82.0 Å². The number of carbonyl (C=O) groups is 2. The summed E-state index contributed by atoms with van der Waals surface area (Å²) in [5.74, 6) is -1.02. The van der Waals surface area contributed by atoms with E-state index < -0.39 is 11.9 Å². The van der Waals surface area contributed by atoms with Crippen molar-refractivity contribution < 1.29 is 14.3 Å². The second kappa shape index (κ2) is 8.39. The van der Waals surface area contributed by atoms with Crippen LogP contribution < -0.4 is 11.0 Å². The zero-order chi connectivity index (χ0) is 20.1. The summed E-state index contributed by atoms with van der Waals surface area (Å²) in [7, 11) is 0. The molecule has 144 valence electrons. The summed E-state index contributed by atoms with van der Waals surface area (Å²) >= 11 is 0. The molecule has 0 spiro atoms. The van der Waals surface area contributed by atoms with Gasteiger partial charge >= 0.3 is 11.7 Å². The number of nitrogens with zero attached hydrogens (tertiary/aromatic N) is 1. The van der Waals surface area contributed by atoms with Crippen molar-refractivity contribution in [2.75, 3.05) is 11.9 Å². The molecule has 0 aliphatic heterocycles. The van der Waals surface area contributed by atoms with Gasteiger partial charge < -0.3 is 15.0 Å². The predicted molar refractivity (Wildman–Crippen MR) is 106 cm³/mol. The first-order valence-electron chi connectivity index (χ1n) is 8.91. The number of aromatic amines is 1. The van der Waals surface area contributed by atoms with E-state index in [1.165, 1.54) is 4.57 Å². The second-order valence-electron chi connectivity index (χ2n) is 6.30. The van der Waals surface area contributed by atoms with Crippen molar-refractivity contribution in [2.45, 2.75) is 20.3 Å². The Hall–Kier alpha value is -3.61. The fourth-order valence-corrected chi connectivity index (χ4v) is 2.80. The minimum Gasteiger partial charge on any atom is -0.452 e. The van der Waals surface area contributed by atoms with Crippen molar-refractivity contribution in [2.24, 2.45) is 0 Å². The Morgan fingerprint density at radius 1 is 1.14 bits per heavy atom. The van der Waals surface area contributed by atoms with Gasteiger partial charge in [-0.05, 0) is 55.3 Å². The van der Waals surface area contributed by atoms with Gasteiger partial charge in [-0.25, -0.2) is 9.59 Å². The van der Waals surface area contributed by atoms with Crippen molar-refractivity contribution in [3.63, 3.8) is 0 Å². The van der Waals surface area contributed by atoms with Gasteiger partial charge in [-0.2, -0.15) is 0 Å². The van der Waals surface area contributed by atoms with E-state index in [4.69, 9.17) is 4.74 Å². The largest absolute Gasteiger partial charge is 0.452 e. The summed E-state index contributed by atoms with van der Waals surface area (Å²) in [5, 5.41) is 2.71. The predicted octanol–water partition coefficient (Wildman–Crippen LogP) is 2.83. The Morgan fingerprint density at radius 3 is 2.54 bits per heavy atom. The van der Waals surface area contributed by atoms with Gasteiger partial charge in [0.15, 0.2) is 6.61 Å². The number of hydrogen-bond acceptors (Lipinski definition) is 4. The number of H-pyrrole nitrogens is 1. The molecule has 1 amide bonds. The molecule has 0 saturated heterocycles. The highest BCUT2D eigenvalue weighted by Crippen LogP contribution is 2.12. The average Bonchev–Trinajstić information content (AvgIpc) is 3.04. The summed E-state index contributed by atoms with van der Waals surface area (Å²) in [6, 6.07) is 13.9. The van der Waals surface area contributed by atoms with Crippen LogP contribution in [0.1, 0.15) is 28.5 Å². The number of esters is 1. The van der Waals surface area contributed by atoms with Gasteiger partial charge in [0.25, 0.3) is 5.91 Å². The van der Waals surface area contributed by atoms with E-state index >= 15 is 0 Å². The van der Waals surface area contributed by atoms with Gasteiger partial charge in [0.1, 0.15) is 0 Å². The molecular weight excluding hydrogens is 358 g/mol. The van der Waals surface area contributed by atoms with Crippen LogP contribution in [0.2, 0.25) is 0 Å². The van der Waals surface area contributed by atoms with Crippen molar-refractivity contribution >= 4 is 17.6 Å². The van der Waals surface area contributed by atoms with Crippen LogP contribution in [0.4, 0.5) is 5.69 Å². The molecule has 0 bridgehead atoms. The lowest BCUT2D eigenvalue weighted by Gasteiger charge is -2.08. The molecule has 1 heterocycles. The van der Waals surface area contributed by atoms with Crippen LogP contribution in [0.3, 0.4) is 0 Å². The lowest BCUT2D eigenvalue weighted by atomic mass is 10.1. The van der Waals surface area contributed by atoms with Gasteiger partial charge in [-0.15, -0.1) is 0 Å². The van der Waals surface area contributed by atoms with Crippen molar-refractivity contribution in [1.82, 2.24) is 9.55 Å². The number of anilines is 1. The zero-order valence-electron chi connectivity index (χ0n) is 15.7. The first-order chi connectivity index (χ1) is 13.5. The molecule has 0 radical (unpaired) electrons. The van der Waals surface area contributed by atoms with Crippen LogP contribution in [-0.4, -0.2) is 28.0 Å². The molecule has 0 fully saturated rings. The zero-order valence-corrected chi connectivity index (χ0v) is 15.7. The highest BCUT2D eigenvalue weighted by atomic mass is 16.5. The Labute approximate surface area is 162 Å². The maximum atomic E-state index is 12.2. The topological polar surface area (TPSA) is 93.2 Å². The van der Waals surface area contributed by atoms with E-state index in [9.17, 15) is 14.4 Å². The number of benzene rings is 2. The summed E-state index contributed by atoms with van der Waals surface area (Å²) in [6.07, 6.45) is 2.47. The molecule has 3 rings (SSSR count). The van der Waals surface area contributed by atoms with Crippen molar-refractivity contribution in [3.8, 4) is 5.69 Å². The third kappa shape index (κ3) is 4.37. The number of ether oxygens (including phenoxy) is 1. The minimum absolute atomic E-state index is 0.253. The molecule has 1 aromatic heterocycles. The summed E-state index contributed by atoms with van der Waals surface area (Å²) in [5.41, 5.74) is 3.20. The maximum Gasteiger partial charge on any atom is 0.338 e. The number of amides is 1. The Bertz CT molecular complexity index is 1050. The highest BCUT2D eigenvalue weighted by Gasteiger charge is 2.12. The Morgan fingerprint density at radius 2 is 1.89 bits per heavy atom. The number of aromatic nitrogens is 2. The molecule has 0 atom stereocenters. The molecular formula is C21H21N3O4. The maximum absolute atomic E-state index is 12.2. The first kappa shape index (κ1) is 19.2. The van der Waals surface area contributed by atoms with Crippen LogP contribution in [0.15, 0.2) is 59.5 Å². The van der Waals surface area contributed by atoms with E-state index in [0.29, 0.717) is 16.9 Å². The van der Waals surface area contributed by atoms with Crippen LogP contribution in [0.25, 0.3) is 5.69 Å². The molecule has 0 unspecified atom stereocenters. The van der Waals surface area contributed by atoms with Gasteiger partial charge in [0.05, 0.1) is 11.3 Å². The van der Waals surface area contributed by atoms with Crippen LogP contribution in [0.5, 0.6) is 0 Å². The van der Waals surface area contributed by atoms with Crippen LogP contribution in [-0.2, 0) is 16.0 Å². The average molecular weight is 379 g/mol. The monoisotopic (exact) mass is 379 g/mol. The molecule has 0 saturated carbocycles. The van der Waals surface area contributed by atoms with E-state index in [1.807, 2.05) is 25.1 Å². The number of aryl methyl sites for hydroxylation is 2. The standard InChI is InChI=1S/C21H21N3O4/c1-3-15-5-4-6-17(11-15)23-19(25)13-28-20(26)16-7-9-18(10-8-16)24-14(2)12-22-21(24)27/h4-12H,3,13H2,1-2H3,(H,22,27)(H,23,25). The van der Waals surface area contributed by atoms with E-state index in [-0.39, 0.29) is 12.3 Å². The second-order valence-corrected chi connectivity index (χ2v) is 6.30. The molecule has 0 aliphatic rings. The molecule has 0 aliphatic carbocycles. The lowest BCUT2D eigenvalue weighted by Crippen LogP contribution is -2.21. The number of imidazole rings is 1. The summed E-state index contributed by atoms with van der Waals surface area (Å²) in [6.45, 7) is 3.45. The Balaban J connectivity index is 1.58. The summed E-state index contributed by atoms with van der Waals surface area (Å²) in [4.78, 5) is 38.6. The van der Waals surface area contributed by atoms with Crippen LogP contribution in [0, 0.1) is 6.92 Å². The molecule has 3 aromatic rings. The number of hydrogen-bond donors (Lipinski definition) is 2. The van der Waals surface area contributed by atoms with Crippen LogP contribution >= 0.6 is 0 Å². The van der Waals surface area contributed by atoms with Gasteiger partial charge in [-0.1, -0.05) is 19.1 Å². The molecule has 28 heavy (non-hydrogen) atoms. The fourth-order valence-electron chi connectivity index (χ4n) is 2.80. The lowest BCUT2D eigenvalue weighted by molar-refractivity contribution is -0.119. The number of nitrogens with one attached hydrogen (secondary N) is 2. The first-order valence-corrected chi connectivity index (χ1v) is 8.91. The third-order valence-corrected chi connectivity index (χ3v) is 4.27. The van der Waals surface area contributed by atoms with E-state index in [2.05, 4.69) is 10.3 Å². The third-order valence-electron chi connectivity index (χ3n) is 4.27. The van der Waals surface area contributed by atoms with Gasteiger partial charge in [-0.3, -0.25) is 9.36 Å². The normalized spacial score (nSPS) is 10.5. The van der Waals surface area contributed by atoms with Crippen molar-refractivity contribution in [1.29, 1.82) is 0 Å². The van der Waals surface area contributed by atoms with Gasteiger partial charge in [0, 0.05) is 17.6 Å². The summed E-state index contributed by atoms with van der Waals surface area (Å²) < 4.78 is 6.56. The fraction of sp³-hybridized carbons (Fsp3) is 0.190. The molecule has 7 nitrogen and oxygen atoms in total. The molecule has 2 N–H and O–H groups in total. The SMILES string of the molecule is CCc1cccc(NC(=O)COC(=O)c2ccc(-n3c(C)c[nH]c3=O)cc2)c1. The number of carbonyl (C=O) groups excluding carboxylic acids is 2. The van der Waals surface area contributed by atoms with E-state index in [1.54, 1.807) is 43.5 Å².